The molecule has 5 heteroatoms. The van der Waals surface area contributed by atoms with Crippen molar-refractivity contribution in [1.82, 2.24) is 9.97 Å². The van der Waals surface area contributed by atoms with Gasteiger partial charge < -0.3 is 10.1 Å². The zero-order chi connectivity index (χ0) is 15.5. The molecule has 2 aromatic carbocycles. The first-order chi connectivity index (χ1) is 10.6. The first-order valence-electron chi connectivity index (χ1n) is 7.06. The molecule has 1 heterocycles. The van der Waals surface area contributed by atoms with Crippen molar-refractivity contribution in [2.75, 3.05) is 5.32 Å². The molecule has 3 rings (SSSR count). The minimum absolute atomic E-state index is 0.168. The molecule has 0 atom stereocenters. The van der Waals surface area contributed by atoms with Gasteiger partial charge in [-0.2, -0.15) is 0 Å². The van der Waals surface area contributed by atoms with Gasteiger partial charge in [0, 0.05) is 15.5 Å². The number of aromatic nitrogens is 2. The topological polar surface area (TPSA) is 47.0 Å². The number of benzene rings is 2. The number of halogens is 1. The van der Waals surface area contributed by atoms with Gasteiger partial charge in [-0.1, -0.05) is 15.9 Å². The molecule has 112 valence electrons. The highest BCUT2D eigenvalue weighted by atomic mass is 79.9. The van der Waals surface area contributed by atoms with Gasteiger partial charge in [-0.3, -0.25) is 0 Å². The van der Waals surface area contributed by atoms with Crippen LogP contribution in [0.3, 0.4) is 0 Å². The number of hydrogen-bond acceptors (Lipinski definition) is 4. The largest absolute Gasteiger partial charge is 0.491 e. The van der Waals surface area contributed by atoms with Crippen molar-refractivity contribution in [1.29, 1.82) is 0 Å². The highest BCUT2D eigenvalue weighted by Crippen LogP contribution is 2.26. The average Bonchev–Trinajstić information content (AvgIpc) is 2.49. The quantitative estimate of drug-likeness (QED) is 0.719. The van der Waals surface area contributed by atoms with Gasteiger partial charge in [-0.25, -0.2) is 9.97 Å². The van der Waals surface area contributed by atoms with Crippen LogP contribution >= 0.6 is 15.9 Å². The van der Waals surface area contributed by atoms with E-state index in [1.54, 1.807) is 6.33 Å². The Morgan fingerprint density at radius 2 is 1.82 bits per heavy atom. The minimum Gasteiger partial charge on any atom is -0.491 e. The molecule has 1 aromatic heterocycles. The predicted molar refractivity (Wildman–Crippen MR) is 92.7 cm³/mol. The summed E-state index contributed by atoms with van der Waals surface area (Å²) in [5, 5.41) is 4.30. The van der Waals surface area contributed by atoms with Crippen LogP contribution in [0.4, 0.5) is 11.5 Å². The van der Waals surface area contributed by atoms with Gasteiger partial charge in [0.05, 0.1) is 11.6 Å². The molecule has 1 N–H and O–H groups in total. The number of nitrogens with zero attached hydrogens (tertiary/aromatic N) is 2. The third-order valence-corrected chi connectivity index (χ3v) is 3.58. The van der Waals surface area contributed by atoms with Crippen LogP contribution in [-0.2, 0) is 0 Å². The Balaban J connectivity index is 1.88. The molecule has 3 aromatic rings. The molecule has 0 fully saturated rings. The maximum Gasteiger partial charge on any atom is 0.141 e. The molecular formula is C17H16BrN3O. The number of fused-ring (bicyclic) bond motifs is 1. The summed E-state index contributed by atoms with van der Waals surface area (Å²) in [6.07, 6.45) is 1.73. The van der Waals surface area contributed by atoms with E-state index in [0.717, 1.165) is 32.6 Å². The number of rotatable bonds is 4. The van der Waals surface area contributed by atoms with Crippen LogP contribution in [0.25, 0.3) is 10.9 Å². The average molecular weight is 358 g/mol. The van der Waals surface area contributed by atoms with Crippen molar-refractivity contribution in [3.8, 4) is 5.75 Å². The van der Waals surface area contributed by atoms with Crippen molar-refractivity contribution in [2.45, 2.75) is 20.0 Å². The lowest BCUT2D eigenvalue weighted by molar-refractivity contribution is 0.242. The molecule has 0 spiro atoms. The maximum atomic E-state index is 5.65. The van der Waals surface area contributed by atoms with Gasteiger partial charge in [-0.15, -0.1) is 0 Å². The molecule has 0 aliphatic rings. The summed E-state index contributed by atoms with van der Waals surface area (Å²) >= 11 is 3.48. The van der Waals surface area contributed by atoms with E-state index >= 15 is 0 Å². The highest BCUT2D eigenvalue weighted by molar-refractivity contribution is 9.10. The Bertz CT molecular complexity index is 788. The molecule has 0 unspecified atom stereocenters. The first-order valence-corrected chi connectivity index (χ1v) is 7.85. The second-order valence-electron chi connectivity index (χ2n) is 5.20. The lowest BCUT2D eigenvalue weighted by atomic mass is 10.2. The standard InChI is InChI=1S/C17H16BrN3O/c1-11(2)22-14-6-4-13(5-7-14)21-17-15-9-12(18)3-8-16(15)19-10-20-17/h3-11H,1-2H3,(H,19,20,21). The van der Waals surface area contributed by atoms with Crippen molar-refractivity contribution in [3.63, 3.8) is 0 Å². The third kappa shape index (κ3) is 3.36. The van der Waals surface area contributed by atoms with Gasteiger partial charge in [0.2, 0.25) is 0 Å². The first kappa shape index (κ1) is 14.8. The zero-order valence-corrected chi connectivity index (χ0v) is 14.0. The van der Waals surface area contributed by atoms with Crippen LogP contribution in [-0.4, -0.2) is 16.1 Å². The van der Waals surface area contributed by atoms with Crippen molar-refractivity contribution in [3.05, 3.63) is 53.3 Å². The molecule has 4 nitrogen and oxygen atoms in total. The van der Waals surface area contributed by atoms with Gasteiger partial charge in [-0.05, 0) is 56.3 Å². The van der Waals surface area contributed by atoms with Gasteiger partial charge in [0.1, 0.15) is 17.9 Å². The van der Waals surface area contributed by atoms with Crippen molar-refractivity contribution < 1.29 is 4.74 Å². The Morgan fingerprint density at radius 3 is 2.55 bits per heavy atom. The SMILES string of the molecule is CC(C)Oc1ccc(Nc2ncnc3ccc(Br)cc23)cc1. The fourth-order valence-electron chi connectivity index (χ4n) is 2.15. The zero-order valence-electron chi connectivity index (χ0n) is 12.4. The van der Waals surface area contributed by atoms with E-state index in [4.69, 9.17) is 4.74 Å². The van der Waals surface area contributed by atoms with E-state index in [-0.39, 0.29) is 6.10 Å². The van der Waals surface area contributed by atoms with Crippen LogP contribution in [0, 0.1) is 0 Å². The van der Waals surface area contributed by atoms with Crippen LogP contribution in [0.2, 0.25) is 0 Å². The number of hydrogen-bond donors (Lipinski definition) is 1. The summed E-state index contributed by atoms with van der Waals surface area (Å²) in [6, 6.07) is 13.8. The summed E-state index contributed by atoms with van der Waals surface area (Å²) in [5.41, 5.74) is 1.86. The Morgan fingerprint density at radius 1 is 1.05 bits per heavy atom. The monoisotopic (exact) mass is 357 g/mol. The van der Waals surface area contributed by atoms with Crippen LogP contribution in [0.15, 0.2) is 53.3 Å². The summed E-state index contributed by atoms with van der Waals surface area (Å²) in [4.78, 5) is 8.62. The fourth-order valence-corrected chi connectivity index (χ4v) is 2.52. The van der Waals surface area contributed by atoms with Crippen LogP contribution in [0.1, 0.15) is 13.8 Å². The molecule has 0 amide bonds. The van der Waals surface area contributed by atoms with E-state index in [2.05, 4.69) is 31.2 Å². The summed E-state index contributed by atoms with van der Waals surface area (Å²) in [6.45, 7) is 4.02. The van der Waals surface area contributed by atoms with Gasteiger partial charge in [0.15, 0.2) is 0 Å². The Kier molecular flexibility index (Phi) is 4.24. The molecule has 0 aliphatic carbocycles. The Hall–Kier alpha value is -2.14. The van der Waals surface area contributed by atoms with E-state index in [0.29, 0.717) is 0 Å². The molecule has 0 aliphatic heterocycles. The van der Waals surface area contributed by atoms with E-state index < -0.39 is 0 Å². The molecule has 0 radical (unpaired) electrons. The number of ether oxygens (including phenoxy) is 1. The molecule has 0 saturated carbocycles. The van der Waals surface area contributed by atoms with E-state index in [9.17, 15) is 0 Å². The second-order valence-corrected chi connectivity index (χ2v) is 6.12. The van der Waals surface area contributed by atoms with Crippen LogP contribution in [0.5, 0.6) is 5.75 Å². The summed E-state index contributed by atoms with van der Waals surface area (Å²) < 4.78 is 6.64. The predicted octanol–water partition coefficient (Wildman–Crippen LogP) is 4.92. The summed E-state index contributed by atoms with van der Waals surface area (Å²) in [7, 11) is 0. The number of nitrogens with one attached hydrogen (secondary N) is 1. The van der Waals surface area contributed by atoms with Crippen LogP contribution < -0.4 is 10.1 Å². The van der Waals surface area contributed by atoms with Crippen molar-refractivity contribution >= 4 is 38.3 Å². The van der Waals surface area contributed by atoms with Crippen molar-refractivity contribution in [2.24, 2.45) is 0 Å². The van der Waals surface area contributed by atoms with E-state index in [1.807, 2.05) is 56.3 Å². The number of anilines is 2. The molecule has 0 bridgehead atoms. The van der Waals surface area contributed by atoms with Gasteiger partial charge in [0.25, 0.3) is 0 Å². The Labute approximate surface area is 137 Å². The highest BCUT2D eigenvalue weighted by Gasteiger charge is 2.05. The lowest BCUT2D eigenvalue weighted by Crippen LogP contribution is -2.05. The molecule has 22 heavy (non-hydrogen) atoms. The normalized spacial score (nSPS) is 10.9. The second kappa shape index (κ2) is 6.32. The maximum absolute atomic E-state index is 5.65. The molecular weight excluding hydrogens is 342 g/mol. The fraction of sp³-hybridized carbons (Fsp3) is 0.176. The minimum atomic E-state index is 0.168. The lowest BCUT2D eigenvalue weighted by Gasteiger charge is -2.11. The summed E-state index contributed by atoms with van der Waals surface area (Å²) in [5.74, 6) is 1.64. The molecule has 0 saturated heterocycles. The van der Waals surface area contributed by atoms with E-state index in [1.165, 1.54) is 0 Å². The third-order valence-electron chi connectivity index (χ3n) is 3.09. The smallest absolute Gasteiger partial charge is 0.141 e. The van der Waals surface area contributed by atoms with Gasteiger partial charge >= 0.3 is 0 Å².